The van der Waals surface area contributed by atoms with Gasteiger partial charge >= 0.3 is 0 Å². The molecule has 0 radical (unpaired) electrons. The van der Waals surface area contributed by atoms with E-state index in [1.54, 1.807) is 0 Å². The molecule has 0 unspecified atom stereocenters. The summed E-state index contributed by atoms with van der Waals surface area (Å²) < 4.78 is 0. The van der Waals surface area contributed by atoms with Gasteiger partial charge in [0.1, 0.15) is 0 Å². The first kappa shape index (κ1) is 13.5. The van der Waals surface area contributed by atoms with Crippen LogP contribution in [0.15, 0.2) is 24.3 Å². The molecule has 0 aliphatic heterocycles. The van der Waals surface area contributed by atoms with E-state index < -0.39 is 0 Å². The fourth-order valence-electron chi connectivity index (χ4n) is 1.56. The van der Waals surface area contributed by atoms with Gasteiger partial charge in [-0.05, 0) is 43.0 Å². The Balaban J connectivity index is 2.44. The van der Waals surface area contributed by atoms with E-state index in [4.69, 9.17) is 11.6 Å². The predicted molar refractivity (Wildman–Crippen MR) is 71.9 cm³/mol. The highest BCUT2D eigenvalue weighted by Crippen LogP contribution is 2.20. The predicted octanol–water partition coefficient (Wildman–Crippen LogP) is 4.43. The molecule has 0 aliphatic rings. The van der Waals surface area contributed by atoms with Crippen LogP contribution in [0.5, 0.6) is 0 Å². The van der Waals surface area contributed by atoms with Crippen LogP contribution in [-0.2, 0) is 0 Å². The standard InChI is InChI=1S/C14H22ClN/c1-11(16-9-8-14(2,3)4)12-6-5-7-13(15)10-12/h5-7,10-11,16H,8-9H2,1-4H3/t11-/m1/s1. The van der Waals surface area contributed by atoms with Crippen molar-refractivity contribution >= 4 is 11.6 Å². The molecule has 1 nitrogen and oxygen atoms in total. The van der Waals surface area contributed by atoms with Gasteiger partial charge in [-0.3, -0.25) is 0 Å². The number of benzene rings is 1. The smallest absolute Gasteiger partial charge is 0.0409 e. The molecule has 1 atom stereocenters. The number of hydrogen-bond donors (Lipinski definition) is 1. The minimum Gasteiger partial charge on any atom is -0.310 e. The van der Waals surface area contributed by atoms with Crippen LogP contribution in [0.2, 0.25) is 5.02 Å². The first-order valence-corrected chi connectivity index (χ1v) is 6.25. The number of hydrogen-bond acceptors (Lipinski definition) is 1. The van der Waals surface area contributed by atoms with E-state index in [-0.39, 0.29) is 0 Å². The van der Waals surface area contributed by atoms with E-state index in [9.17, 15) is 0 Å². The van der Waals surface area contributed by atoms with Gasteiger partial charge in [-0.2, -0.15) is 0 Å². The van der Waals surface area contributed by atoms with Gasteiger partial charge in [0.05, 0.1) is 0 Å². The molecule has 0 aromatic heterocycles. The maximum Gasteiger partial charge on any atom is 0.0409 e. The molecule has 1 rings (SSSR count). The van der Waals surface area contributed by atoms with Crippen LogP contribution in [-0.4, -0.2) is 6.54 Å². The third kappa shape index (κ3) is 5.00. The van der Waals surface area contributed by atoms with Crippen molar-refractivity contribution < 1.29 is 0 Å². The third-order valence-electron chi connectivity index (χ3n) is 2.67. The number of nitrogens with one attached hydrogen (secondary N) is 1. The zero-order valence-corrected chi connectivity index (χ0v) is 11.4. The molecular weight excluding hydrogens is 218 g/mol. The van der Waals surface area contributed by atoms with Gasteiger partial charge in [0.15, 0.2) is 0 Å². The molecule has 0 heterocycles. The van der Waals surface area contributed by atoms with Crippen molar-refractivity contribution in [1.29, 1.82) is 0 Å². The van der Waals surface area contributed by atoms with Crippen LogP contribution in [0, 0.1) is 5.41 Å². The van der Waals surface area contributed by atoms with Crippen LogP contribution in [0.3, 0.4) is 0 Å². The minimum atomic E-state index is 0.362. The van der Waals surface area contributed by atoms with Gasteiger partial charge in [-0.15, -0.1) is 0 Å². The summed E-state index contributed by atoms with van der Waals surface area (Å²) in [5.41, 5.74) is 1.64. The monoisotopic (exact) mass is 239 g/mol. The highest BCUT2D eigenvalue weighted by atomic mass is 35.5. The molecule has 0 saturated carbocycles. The Hall–Kier alpha value is -0.530. The second-order valence-electron chi connectivity index (χ2n) is 5.54. The zero-order chi connectivity index (χ0) is 12.2. The molecule has 0 saturated heterocycles. The van der Waals surface area contributed by atoms with Gasteiger partial charge < -0.3 is 5.32 Å². The first-order valence-electron chi connectivity index (χ1n) is 5.87. The summed E-state index contributed by atoms with van der Waals surface area (Å²) in [7, 11) is 0. The molecule has 0 bridgehead atoms. The molecule has 0 aliphatic carbocycles. The Morgan fingerprint density at radius 3 is 2.56 bits per heavy atom. The van der Waals surface area contributed by atoms with Gasteiger partial charge in [0.2, 0.25) is 0 Å². The molecule has 0 amide bonds. The van der Waals surface area contributed by atoms with E-state index >= 15 is 0 Å². The second kappa shape index (κ2) is 5.70. The summed E-state index contributed by atoms with van der Waals surface area (Å²) in [5, 5.41) is 4.33. The quantitative estimate of drug-likeness (QED) is 0.820. The largest absolute Gasteiger partial charge is 0.310 e. The normalized spacial score (nSPS) is 13.8. The Labute approximate surface area is 104 Å². The fourth-order valence-corrected chi connectivity index (χ4v) is 1.76. The maximum absolute atomic E-state index is 5.97. The summed E-state index contributed by atoms with van der Waals surface area (Å²) in [6, 6.07) is 8.41. The molecule has 0 spiro atoms. The number of rotatable bonds is 4. The highest BCUT2D eigenvalue weighted by molar-refractivity contribution is 6.30. The molecule has 16 heavy (non-hydrogen) atoms. The lowest BCUT2D eigenvalue weighted by molar-refractivity contribution is 0.358. The molecule has 1 aromatic carbocycles. The van der Waals surface area contributed by atoms with E-state index in [1.165, 1.54) is 12.0 Å². The van der Waals surface area contributed by atoms with Crippen molar-refractivity contribution in [2.45, 2.75) is 40.2 Å². The Bertz CT molecular complexity index is 328. The van der Waals surface area contributed by atoms with Crippen molar-refractivity contribution in [3.8, 4) is 0 Å². The zero-order valence-electron chi connectivity index (χ0n) is 10.7. The lowest BCUT2D eigenvalue weighted by Crippen LogP contribution is -2.23. The summed E-state index contributed by atoms with van der Waals surface area (Å²) in [4.78, 5) is 0. The Morgan fingerprint density at radius 2 is 2.00 bits per heavy atom. The van der Waals surface area contributed by atoms with Crippen LogP contribution < -0.4 is 5.32 Å². The highest BCUT2D eigenvalue weighted by Gasteiger charge is 2.11. The summed E-state index contributed by atoms with van der Waals surface area (Å²) in [6.07, 6.45) is 1.18. The minimum absolute atomic E-state index is 0.362. The lowest BCUT2D eigenvalue weighted by Gasteiger charge is -2.21. The van der Waals surface area contributed by atoms with Gasteiger partial charge in [0, 0.05) is 11.1 Å². The average Bonchev–Trinajstić information content (AvgIpc) is 2.15. The summed E-state index contributed by atoms with van der Waals surface area (Å²) >= 11 is 5.97. The molecular formula is C14H22ClN. The Kier molecular flexibility index (Phi) is 4.82. The second-order valence-corrected chi connectivity index (χ2v) is 5.98. The van der Waals surface area contributed by atoms with Gasteiger partial charge in [0.25, 0.3) is 0 Å². The van der Waals surface area contributed by atoms with E-state index in [0.717, 1.165) is 11.6 Å². The first-order chi connectivity index (χ1) is 7.38. The van der Waals surface area contributed by atoms with E-state index in [2.05, 4.69) is 39.1 Å². The van der Waals surface area contributed by atoms with Crippen molar-refractivity contribution in [3.05, 3.63) is 34.9 Å². The summed E-state index contributed by atoms with van der Waals surface area (Å²) in [5.74, 6) is 0. The van der Waals surface area contributed by atoms with Crippen LogP contribution in [0.4, 0.5) is 0 Å². The molecule has 0 fully saturated rings. The van der Waals surface area contributed by atoms with Crippen molar-refractivity contribution in [2.24, 2.45) is 5.41 Å². The molecule has 1 aromatic rings. The lowest BCUT2D eigenvalue weighted by atomic mass is 9.92. The van der Waals surface area contributed by atoms with Crippen LogP contribution in [0.25, 0.3) is 0 Å². The SMILES string of the molecule is C[C@@H](NCCC(C)(C)C)c1cccc(Cl)c1. The van der Waals surface area contributed by atoms with Gasteiger partial charge in [-0.25, -0.2) is 0 Å². The average molecular weight is 240 g/mol. The molecule has 2 heteroatoms. The topological polar surface area (TPSA) is 12.0 Å². The van der Waals surface area contributed by atoms with E-state index in [0.29, 0.717) is 11.5 Å². The summed E-state index contributed by atoms with van der Waals surface area (Å²) in [6.45, 7) is 10.0. The third-order valence-corrected chi connectivity index (χ3v) is 2.91. The molecule has 1 N–H and O–H groups in total. The maximum atomic E-state index is 5.97. The van der Waals surface area contributed by atoms with Gasteiger partial charge in [-0.1, -0.05) is 44.5 Å². The van der Waals surface area contributed by atoms with Crippen LogP contribution in [0.1, 0.15) is 45.7 Å². The molecule has 90 valence electrons. The van der Waals surface area contributed by atoms with Crippen molar-refractivity contribution in [1.82, 2.24) is 5.32 Å². The van der Waals surface area contributed by atoms with Crippen molar-refractivity contribution in [3.63, 3.8) is 0 Å². The number of halogens is 1. The fraction of sp³-hybridized carbons (Fsp3) is 0.571. The Morgan fingerprint density at radius 1 is 1.31 bits per heavy atom. The van der Waals surface area contributed by atoms with E-state index in [1.807, 2.05) is 18.2 Å². The van der Waals surface area contributed by atoms with Crippen molar-refractivity contribution in [2.75, 3.05) is 6.54 Å². The van der Waals surface area contributed by atoms with Crippen LogP contribution >= 0.6 is 11.6 Å².